The van der Waals surface area contributed by atoms with Crippen molar-refractivity contribution in [1.82, 2.24) is 0 Å². The van der Waals surface area contributed by atoms with Crippen LogP contribution in [-0.4, -0.2) is 7.11 Å². The predicted octanol–water partition coefficient (Wildman–Crippen LogP) is 4.07. The van der Waals surface area contributed by atoms with Gasteiger partial charge in [-0.05, 0) is 47.9 Å². The van der Waals surface area contributed by atoms with E-state index in [0.717, 1.165) is 17.2 Å². The van der Waals surface area contributed by atoms with E-state index in [-0.39, 0.29) is 0 Å². The zero-order valence-corrected chi connectivity index (χ0v) is 11.9. The van der Waals surface area contributed by atoms with E-state index in [1.165, 1.54) is 15.0 Å². The van der Waals surface area contributed by atoms with Crippen molar-refractivity contribution in [2.24, 2.45) is 0 Å². The summed E-state index contributed by atoms with van der Waals surface area (Å²) in [5.74, 6) is 1.66. The van der Waals surface area contributed by atoms with E-state index < -0.39 is 0 Å². The van der Waals surface area contributed by atoms with Gasteiger partial charge >= 0.3 is 0 Å². The molecule has 0 saturated carbocycles. The van der Waals surface area contributed by atoms with Crippen molar-refractivity contribution >= 4 is 27.1 Å². The molecule has 0 aliphatic heterocycles. The number of hydrogen-bond acceptors (Lipinski definition) is 4. The topological polar surface area (TPSA) is 44.5 Å². The lowest BCUT2D eigenvalue weighted by Gasteiger charge is -2.05. The van der Waals surface area contributed by atoms with Gasteiger partial charge in [-0.15, -0.1) is 11.3 Å². The normalized spacial score (nSPS) is 10.7. The molecule has 2 aromatic carbocycles. The van der Waals surface area contributed by atoms with E-state index in [4.69, 9.17) is 15.2 Å². The van der Waals surface area contributed by atoms with Crippen LogP contribution >= 0.6 is 11.3 Å². The Bertz CT molecular complexity index is 719. The minimum Gasteiger partial charge on any atom is -0.497 e. The number of anilines is 1. The number of fused-ring (bicyclic) bond motifs is 1. The quantitative estimate of drug-likeness (QED) is 0.735. The van der Waals surface area contributed by atoms with Gasteiger partial charge in [0.15, 0.2) is 0 Å². The van der Waals surface area contributed by atoms with E-state index in [1.807, 2.05) is 42.5 Å². The van der Waals surface area contributed by atoms with Gasteiger partial charge in [0.1, 0.15) is 18.1 Å². The van der Waals surface area contributed by atoms with Crippen LogP contribution in [0.4, 0.5) is 5.69 Å². The van der Waals surface area contributed by atoms with Crippen molar-refractivity contribution in [3.8, 4) is 11.5 Å². The van der Waals surface area contributed by atoms with Crippen LogP contribution in [0.1, 0.15) is 4.88 Å². The summed E-state index contributed by atoms with van der Waals surface area (Å²) < 4.78 is 12.1. The van der Waals surface area contributed by atoms with E-state index in [1.54, 1.807) is 18.4 Å². The van der Waals surface area contributed by atoms with E-state index in [0.29, 0.717) is 6.61 Å². The highest BCUT2D eigenvalue weighted by atomic mass is 32.1. The second-order valence-electron chi connectivity index (χ2n) is 4.47. The number of rotatable bonds is 4. The van der Waals surface area contributed by atoms with Crippen molar-refractivity contribution in [3.05, 3.63) is 53.4 Å². The molecule has 1 aromatic heterocycles. The average molecular weight is 285 g/mol. The van der Waals surface area contributed by atoms with Crippen LogP contribution in [0.3, 0.4) is 0 Å². The Balaban J connectivity index is 1.72. The fourth-order valence-electron chi connectivity index (χ4n) is 2.00. The van der Waals surface area contributed by atoms with Crippen LogP contribution in [0, 0.1) is 0 Å². The van der Waals surface area contributed by atoms with Crippen molar-refractivity contribution < 1.29 is 9.47 Å². The fourth-order valence-corrected chi connectivity index (χ4v) is 3.03. The van der Waals surface area contributed by atoms with Gasteiger partial charge in [-0.3, -0.25) is 0 Å². The number of thiophene rings is 1. The lowest BCUT2D eigenvalue weighted by Crippen LogP contribution is -1.92. The third kappa shape index (κ3) is 2.70. The van der Waals surface area contributed by atoms with Gasteiger partial charge in [-0.1, -0.05) is 6.07 Å². The smallest absolute Gasteiger partial charge is 0.122 e. The molecule has 3 aromatic rings. The number of benzene rings is 2. The van der Waals surface area contributed by atoms with Crippen LogP contribution < -0.4 is 15.2 Å². The molecule has 20 heavy (non-hydrogen) atoms. The first-order valence-corrected chi connectivity index (χ1v) is 7.11. The summed E-state index contributed by atoms with van der Waals surface area (Å²) in [4.78, 5) is 1.18. The van der Waals surface area contributed by atoms with Crippen molar-refractivity contribution in [2.45, 2.75) is 6.61 Å². The third-order valence-electron chi connectivity index (χ3n) is 3.04. The third-order valence-corrected chi connectivity index (χ3v) is 4.11. The Kier molecular flexibility index (Phi) is 3.48. The Labute approximate surface area is 121 Å². The number of nitrogens with two attached hydrogens (primary N) is 1. The molecule has 0 fully saturated rings. The molecule has 102 valence electrons. The molecule has 3 rings (SSSR count). The Morgan fingerprint density at radius 1 is 1.00 bits per heavy atom. The largest absolute Gasteiger partial charge is 0.497 e. The van der Waals surface area contributed by atoms with E-state index in [2.05, 4.69) is 6.07 Å². The maximum atomic E-state index is 5.79. The maximum absolute atomic E-state index is 5.79. The first-order chi connectivity index (χ1) is 9.74. The molecule has 1 heterocycles. The molecule has 3 nitrogen and oxygen atoms in total. The van der Waals surface area contributed by atoms with Crippen LogP contribution in [-0.2, 0) is 6.61 Å². The van der Waals surface area contributed by atoms with Crippen LogP contribution in [0.15, 0.2) is 48.5 Å². The zero-order chi connectivity index (χ0) is 13.9. The molecule has 0 amide bonds. The summed E-state index contributed by atoms with van der Waals surface area (Å²) in [6.07, 6.45) is 0. The lowest BCUT2D eigenvalue weighted by atomic mass is 10.2. The molecule has 0 spiro atoms. The summed E-state index contributed by atoms with van der Waals surface area (Å²) in [5.41, 5.74) is 6.58. The Morgan fingerprint density at radius 2 is 1.75 bits per heavy atom. The van der Waals surface area contributed by atoms with Gasteiger partial charge in [0.25, 0.3) is 0 Å². The molecule has 0 saturated heterocycles. The molecule has 0 bridgehead atoms. The SMILES string of the molecule is COc1ccc(OCc2cc3ccc(N)cc3s2)cc1. The molecule has 0 radical (unpaired) electrons. The number of nitrogen functional groups attached to an aromatic ring is 1. The molecule has 4 heteroatoms. The van der Waals surface area contributed by atoms with Gasteiger partial charge in [0.05, 0.1) is 7.11 Å². The highest BCUT2D eigenvalue weighted by molar-refractivity contribution is 7.19. The molecular weight excluding hydrogens is 270 g/mol. The number of hydrogen-bond donors (Lipinski definition) is 1. The van der Waals surface area contributed by atoms with Crippen LogP contribution in [0.25, 0.3) is 10.1 Å². The first kappa shape index (κ1) is 12.8. The maximum Gasteiger partial charge on any atom is 0.122 e. The zero-order valence-electron chi connectivity index (χ0n) is 11.1. The van der Waals surface area contributed by atoms with E-state index >= 15 is 0 Å². The van der Waals surface area contributed by atoms with Crippen LogP contribution in [0.5, 0.6) is 11.5 Å². The Morgan fingerprint density at radius 3 is 2.50 bits per heavy atom. The first-order valence-electron chi connectivity index (χ1n) is 6.29. The van der Waals surface area contributed by atoms with Gasteiger partial charge in [0.2, 0.25) is 0 Å². The summed E-state index contributed by atoms with van der Waals surface area (Å²) in [6, 6.07) is 15.7. The standard InChI is InChI=1S/C16H15NO2S/c1-18-13-4-6-14(7-5-13)19-10-15-8-11-2-3-12(17)9-16(11)20-15/h2-9H,10,17H2,1H3. The van der Waals surface area contributed by atoms with Crippen molar-refractivity contribution in [3.63, 3.8) is 0 Å². The summed E-state index contributed by atoms with van der Waals surface area (Å²) >= 11 is 1.71. The molecule has 0 aliphatic carbocycles. The summed E-state index contributed by atoms with van der Waals surface area (Å²) in [5, 5.41) is 1.21. The van der Waals surface area contributed by atoms with Gasteiger partial charge in [0, 0.05) is 15.3 Å². The van der Waals surface area contributed by atoms with Gasteiger partial charge < -0.3 is 15.2 Å². The minimum absolute atomic E-state index is 0.561. The molecule has 0 unspecified atom stereocenters. The lowest BCUT2D eigenvalue weighted by molar-refractivity contribution is 0.309. The van der Waals surface area contributed by atoms with Crippen molar-refractivity contribution in [2.75, 3.05) is 12.8 Å². The highest BCUT2D eigenvalue weighted by Gasteiger charge is 2.03. The van der Waals surface area contributed by atoms with Crippen molar-refractivity contribution in [1.29, 1.82) is 0 Å². The number of ether oxygens (including phenoxy) is 2. The Hall–Kier alpha value is -2.20. The second kappa shape index (κ2) is 5.43. The summed E-state index contributed by atoms with van der Waals surface area (Å²) in [7, 11) is 1.65. The minimum atomic E-state index is 0.561. The molecule has 0 aliphatic rings. The predicted molar refractivity (Wildman–Crippen MR) is 83.6 cm³/mol. The number of methoxy groups -OCH3 is 1. The monoisotopic (exact) mass is 285 g/mol. The van der Waals surface area contributed by atoms with E-state index in [9.17, 15) is 0 Å². The molecular formula is C16H15NO2S. The fraction of sp³-hybridized carbons (Fsp3) is 0.125. The van der Waals surface area contributed by atoms with Gasteiger partial charge in [-0.25, -0.2) is 0 Å². The van der Waals surface area contributed by atoms with Crippen LogP contribution in [0.2, 0.25) is 0 Å². The summed E-state index contributed by atoms with van der Waals surface area (Å²) in [6.45, 7) is 0.561. The molecule has 2 N–H and O–H groups in total. The van der Waals surface area contributed by atoms with Gasteiger partial charge in [-0.2, -0.15) is 0 Å². The average Bonchev–Trinajstić information content (AvgIpc) is 2.87. The second-order valence-corrected chi connectivity index (χ2v) is 5.64. The molecule has 0 atom stereocenters. The highest BCUT2D eigenvalue weighted by Crippen LogP contribution is 2.28.